The van der Waals surface area contributed by atoms with Crippen LogP contribution >= 0.6 is 22.7 Å². The van der Waals surface area contributed by atoms with Gasteiger partial charge in [-0.05, 0) is 246 Å². The van der Waals surface area contributed by atoms with Gasteiger partial charge >= 0.3 is 0 Å². The van der Waals surface area contributed by atoms with Gasteiger partial charge in [0.15, 0.2) is 0 Å². The first-order valence-electron chi connectivity index (χ1n) is 41.8. The Kier molecular flexibility index (Phi) is 18.0. The van der Waals surface area contributed by atoms with Crippen molar-refractivity contribution < 1.29 is 0 Å². The Labute approximate surface area is 716 Å². The predicted molar refractivity (Wildman–Crippen MR) is 526 cm³/mol. The minimum Gasteiger partial charge on any atom is -0.310 e. The van der Waals surface area contributed by atoms with Gasteiger partial charge in [0, 0.05) is 74.2 Å². The number of hydrogen-bond acceptors (Lipinski definition) is 4. The number of rotatable bonds is 16. The van der Waals surface area contributed by atoms with Crippen LogP contribution < -0.4 is 9.80 Å². The average molecular weight is 1590 g/mol. The number of fused-ring (bicyclic) bond motifs is 10. The molecule has 0 saturated carbocycles. The number of anilines is 6. The first kappa shape index (κ1) is 72.0. The molecule has 23 rings (SSSR count). The maximum absolute atomic E-state index is 2.44. The van der Waals surface area contributed by atoms with Crippen LogP contribution in [0.2, 0.25) is 0 Å². The summed E-state index contributed by atoms with van der Waals surface area (Å²) < 4.78 is 5.10. The van der Waals surface area contributed by atoms with Crippen LogP contribution in [0.15, 0.2) is 461 Å². The molecule has 0 radical (unpaired) electrons. The molecule has 0 amide bonds. The molecule has 21 aromatic carbocycles. The van der Waals surface area contributed by atoms with E-state index in [1.165, 1.54) is 172 Å². The van der Waals surface area contributed by atoms with Gasteiger partial charge in [-0.25, -0.2) is 0 Å². The number of nitrogens with zero attached hydrogens (tertiary/aromatic N) is 2. The quantitative estimate of drug-likeness (QED) is 0.0951. The summed E-state index contributed by atoms with van der Waals surface area (Å²) in [6, 6.07) is 171. The lowest BCUT2D eigenvalue weighted by molar-refractivity contribution is 1.28. The Hall–Kier alpha value is -15.3. The summed E-state index contributed by atoms with van der Waals surface area (Å²) in [5, 5.41) is 15.0. The zero-order valence-corrected chi connectivity index (χ0v) is 68.2. The smallest absolute Gasteiger partial charge is 0.0540 e. The van der Waals surface area contributed by atoms with E-state index in [2.05, 4.69) is 471 Å². The summed E-state index contributed by atoms with van der Waals surface area (Å²) in [4.78, 5) is 4.88. The second kappa shape index (κ2) is 30.6. The zero-order chi connectivity index (χ0) is 80.6. The van der Waals surface area contributed by atoms with E-state index in [9.17, 15) is 0 Å². The minimum atomic E-state index is 1.08. The van der Waals surface area contributed by atoms with Gasteiger partial charge < -0.3 is 9.80 Å². The van der Waals surface area contributed by atoms with Gasteiger partial charge in [0.25, 0.3) is 0 Å². The number of benzene rings is 21. The second-order valence-electron chi connectivity index (χ2n) is 31.8. The zero-order valence-electron chi connectivity index (χ0n) is 66.6. The molecule has 0 aliphatic rings. The van der Waals surface area contributed by atoms with E-state index in [-0.39, 0.29) is 0 Å². The lowest BCUT2D eigenvalue weighted by Crippen LogP contribution is -2.11. The Morgan fingerprint density at radius 2 is 0.410 bits per heavy atom. The molecule has 0 saturated heterocycles. The molecule has 0 aliphatic carbocycles. The molecule has 2 aromatic heterocycles. The monoisotopic (exact) mass is 1580 g/mol. The van der Waals surface area contributed by atoms with E-state index in [1.54, 1.807) is 0 Å². The van der Waals surface area contributed by atoms with Gasteiger partial charge in [0.05, 0.1) is 11.4 Å². The predicted octanol–water partition coefficient (Wildman–Crippen LogP) is 34.6. The summed E-state index contributed by atoms with van der Waals surface area (Å²) in [6.07, 6.45) is 0. The van der Waals surface area contributed by atoms with E-state index < -0.39 is 0 Å². The molecule has 0 fully saturated rings. The highest BCUT2D eigenvalue weighted by Crippen LogP contribution is 2.51. The van der Waals surface area contributed by atoms with Crippen LogP contribution in [-0.4, -0.2) is 0 Å². The molecule has 2 nitrogen and oxygen atoms in total. The fourth-order valence-electron chi connectivity index (χ4n) is 18.6. The summed E-state index contributed by atoms with van der Waals surface area (Å²) in [7, 11) is 0. The van der Waals surface area contributed by atoms with Crippen LogP contribution in [0.5, 0.6) is 0 Å². The van der Waals surface area contributed by atoms with Gasteiger partial charge in [0.1, 0.15) is 0 Å². The van der Waals surface area contributed by atoms with Crippen LogP contribution in [0.3, 0.4) is 0 Å². The van der Waals surface area contributed by atoms with Gasteiger partial charge in [0.2, 0.25) is 0 Å². The highest BCUT2D eigenvalue weighted by molar-refractivity contribution is 7.26. The average Bonchev–Trinajstić information content (AvgIpc) is 1.51. The molecule has 0 spiro atoms. The lowest BCUT2D eigenvalue weighted by Gasteiger charge is -2.28. The van der Waals surface area contributed by atoms with Crippen LogP contribution in [0.25, 0.3) is 195 Å². The third kappa shape index (κ3) is 13.1. The summed E-state index contributed by atoms with van der Waals surface area (Å²) in [6.45, 7) is 0. The topological polar surface area (TPSA) is 6.48 Å². The maximum Gasteiger partial charge on any atom is 0.0540 e. The van der Waals surface area contributed by atoms with Crippen molar-refractivity contribution in [3.63, 3.8) is 0 Å². The normalized spacial score (nSPS) is 11.6. The van der Waals surface area contributed by atoms with Crippen LogP contribution in [-0.2, 0) is 0 Å². The third-order valence-electron chi connectivity index (χ3n) is 24.7. The summed E-state index contributed by atoms with van der Waals surface area (Å²) in [5.41, 5.74) is 30.3. The lowest BCUT2D eigenvalue weighted by atomic mass is 9.94. The van der Waals surface area contributed by atoms with E-state index in [4.69, 9.17) is 0 Å². The number of thiophene rings is 2. The van der Waals surface area contributed by atoms with Crippen molar-refractivity contribution in [2.45, 2.75) is 0 Å². The fourth-order valence-corrected chi connectivity index (χ4v) is 20.9. The van der Waals surface area contributed by atoms with Crippen molar-refractivity contribution in [2.75, 3.05) is 9.80 Å². The van der Waals surface area contributed by atoms with Gasteiger partial charge in [-0.1, -0.05) is 358 Å². The Morgan fingerprint density at radius 1 is 0.139 bits per heavy atom. The molecule has 0 bridgehead atoms. The molecule has 2 heterocycles. The van der Waals surface area contributed by atoms with E-state index in [0.717, 1.165) is 56.4 Å². The first-order chi connectivity index (χ1) is 60.4. The highest BCUT2D eigenvalue weighted by Gasteiger charge is 2.24. The van der Waals surface area contributed by atoms with Crippen molar-refractivity contribution in [2.24, 2.45) is 0 Å². The van der Waals surface area contributed by atoms with Crippen molar-refractivity contribution in [3.8, 4) is 111 Å². The summed E-state index contributed by atoms with van der Waals surface area (Å²) >= 11 is 3.73. The minimum absolute atomic E-state index is 1.08. The van der Waals surface area contributed by atoms with Crippen LogP contribution in [0.1, 0.15) is 0 Å². The highest BCUT2D eigenvalue weighted by atomic mass is 32.1. The second-order valence-corrected chi connectivity index (χ2v) is 34.0. The third-order valence-corrected chi connectivity index (χ3v) is 27.0. The van der Waals surface area contributed by atoms with Crippen molar-refractivity contribution in [1.82, 2.24) is 0 Å². The van der Waals surface area contributed by atoms with Crippen molar-refractivity contribution in [1.29, 1.82) is 0 Å². The molecule has 0 atom stereocenters. The Bertz CT molecular complexity index is 7950. The van der Waals surface area contributed by atoms with E-state index in [1.807, 2.05) is 22.7 Å². The largest absolute Gasteiger partial charge is 0.310 e. The van der Waals surface area contributed by atoms with Crippen molar-refractivity contribution >= 4 is 140 Å². The van der Waals surface area contributed by atoms with Crippen LogP contribution in [0, 0.1) is 0 Å². The van der Waals surface area contributed by atoms with Crippen molar-refractivity contribution in [3.05, 3.63) is 461 Å². The number of para-hydroxylation sites is 2. The van der Waals surface area contributed by atoms with Gasteiger partial charge in [-0.15, -0.1) is 22.7 Å². The summed E-state index contributed by atoms with van der Waals surface area (Å²) in [5.74, 6) is 0. The SMILES string of the molecule is c1ccc(N(c2ccc(-c3ccc(-c4ccc5ccc(-c6ccc7c(c6)sc6cccc(-c8ccccc8N(c8ccc(-c9ccc(-c%10cccc%11ccccc%10%11)cc9)cc8)c8ccc(-c9ccc%10ccccc%10c9)cc8)c67)cc5c4)cc3)cc2)c2ccc(-c3ccc(-c4cccc5ccccc45)cc3)cc2)c(-c2cccc3sc4ccccc4c23)c1. The van der Waals surface area contributed by atoms with Crippen LogP contribution in [0.4, 0.5) is 34.1 Å². The molecule has 4 heteroatoms. The molecular formula is C118H76N2S2. The van der Waals surface area contributed by atoms with E-state index >= 15 is 0 Å². The number of hydrogen-bond donors (Lipinski definition) is 0. The molecular weight excluding hydrogens is 1510 g/mol. The van der Waals surface area contributed by atoms with Gasteiger partial charge in [-0.3, -0.25) is 0 Å². The molecule has 570 valence electrons. The van der Waals surface area contributed by atoms with E-state index in [0.29, 0.717) is 0 Å². The Balaban J connectivity index is 0.537. The van der Waals surface area contributed by atoms with Gasteiger partial charge in [-0.2, -0.15) is 0 Å². The molecule has 0 aliphatic heterocycles. The standard InChI is InChI=1S/C118H76N2S2/c1-2-20-91-73-92(52-45-77(91)17-1)85-61-70-100(71-62-85)120(99-68-59-83(60-69-99)80-43-50-90(51-44-80)104-29-14-22-88-19-4-6-24-102(88)104)112-33-11-8-26-106(112)108-31-16-36-115-118(108)110-72-63-95(76-116(110)122-115)94-54-47-86-46-53-93(74-96(86)75-94)84-39-37-78(38-40-84)81-55-64-97(65-56-81)119(111-32-10-7-25-105(111)107-30-15-35-114-117(107)109-27-9-12-34-113(109)121-114)98-66-57-82(58-67-98)79-41-48-89(49-42-79)103-28-13-21-87-18-3-5-23-101(87)103/h1-76H. The molecule has 23 aromatic rings. The Morgan fingerprint density at radius 3 is 0.869 bits per heavy atom. The molecule has 0 unspecified atom stereocenters. The maximum atomic E-state index is 2.44. The molecule has 0 N–H and O–H groups in total. The molecule has 122 heavy (non-hydrogen) atoms. The first-order valence-corrected chi connectivity index (χ1v) is 43.4. The fraction of sp³-hybridized carbons (Fsp3) is 0.